The van der Waals surface area contributed by atoms with Crippen molar-refractivity contribution in [3.63, 3.8) is 0 Å². The van der Waals surface area contributed by atoms with Crippen LogP contribution in [0.2, 0.25) is 5.02 Å². The number of hydrogen-bond donors (Lipinski definition) is 1. The minimum Gasteiger partial charge on any atom is -0.492 e. The maximum atomic E-state index is 11.6. The molecule has 0 unspecified atom stereocenters. The second-order valence-electron chi connectivity index (χ2n) is 4.19. The third-order valence-corrected chi connectivity index (χ3v) is 2.84. The molecule has 0 saturated carbocycles. The summed E-state index contributed by atoms with van der Waals surface area (Å²) in [6, 6.07) is 4.93. The highest BCUT2D eigenvalue weighted by molar-refractivity contribution is 6.32. The lowest BCUT2D eigenvalue weighted by atomic mass is 10.2. The van der Waals surface area contributed by atoms with E-state index >= 15 is 0 Å². The summed E-state index contributed by atoms with van der Waals surface area (Å²) < 4.78 is 14.5. The smallest absolute Gasteiger partial charge is 0.354 e. The van der Waals surface area contributed by atoms with Gasteiger partial charge in [0.05, 0.1) is 31.9 Å². The molecule has 0 aliphatic rings. The molecule has 1 aromatic carbocycles. The van der Waals surface area contributed by atoms with Crippen molar-refractivity contribution in [2.45, 2.75) is 13.3 Å². The molecule has 0 fully saturated rings. The molecule has 22 heavy (non-hydrogen) atoms. The largest absolute Gasteiger partial charge is 0.492 e. The third-order valence-electron chi connectivity index (χ3n) is 2.54. The second kappa shape index (κ2) is 8.94. The van der Waals surface area contributed by atoms with Gasteiger partial charge in [0.15, 0.2) is 0 Å². The van der Waals surface area contributed by atoms with Gasteiger partial charge in [0, 0.05) is 5.69 Å². The Hall–Kier alpha value is -2.21. The SMILES string of the molecule is CCCOc1ccc(N/C(=C/C(=O)OC)C(=O)OC)cc1Cl. The van der Waals surface area contributed by atoms with Crippen LogP contribution in [0.25, 0.3) is 0 Å². The van der Waals surface area contributed by atoms with E-state index in [2.05, 4.69) is 14.8 Å². The first-order valence-electron chi connectivity index (χ1n) is 6.59. The molecule has 0 aromatic heterocycles. The predicted octanol–water partition coefficient (Wildman–Crippen LogP) is 2.77. The summed E-state index contributed by atoms with van der Waals surface area (Å²) in [7, 11) is 2.42. The van der Waals surface area contributed by atoms with E-state index in [4.69, 9.17) is 16.3 Å². The van der Waals surface area contributed by atoms with E-state index in [0.717, 1.165) is 12.5 Å². The van der Waals surface area contributed by atoms with Crippen LogP contribution in [0.15, 0.2) is 30.0 Å². The molecular weight excluding hydrogens is 310 g/mol. The van der Waals surface area contributed by atoms with Crippen molar-refractivity contribution in [2.24, 2.45) is 0 Å². The third kappa shape index (κ3) is 5.29. The molecule has 0 spiro atoms. The number of esters is 2. The molecule has 6 nitrogen and oxygen atoms in total. The number of nitrogens with one attached hydrogen (secondary N) is 1. The lowest BCUT2D eigenvalue weighted by Gasteiger charge is -2.11. The molecule has 0 saturated heterocycles. The van der Waals surface area contributed by atoms with Crippen LogP contribution in [0.3, 0.4) is 0 Å². The van der Waals surface area contributed by atoms with E-state index in [1.165, 1.54) is 14.2 Å². The van der Waals surface area contributed by atoms with Gasteiger partial charge in [-0.3, -0.25) is 0 Å². The van der Waals surface area contributed by atoms with Crippen LogP contribution in [0.5, 0.6) is 5.75 Å². The topological polar surface area (TPSA) is 73.9 Å². The Morgan fingerprint density at radius 2 is 2.00 bits per heavy atom. The lowest BCUT2D eigenvalue weighted by molar-refractivity contribution is -0.138. The van der Waals surface area contributed by atoms with Crippen molar-refractivity contribution in [3.8, 4) is 5.75 Å². The molecule has 0 radical (unpaired) electrons. The fourth-order valence-electron chi connectivity index (χ4n) is 1.50. The van der Waals surface area contributed by atoms with Crippen molar-refractivity contribution in [2.75, 3.05) is 26.1 Å². The number of ether oxygens (including phenoxy) is 3. The van der Waals surface area contributed by atoms with Gasteiger partial charge in [-0.1, -0.05) is 18.5 Å². The number of carbonyl (C=O) groups excluding carboxylic acids is 2. The van der Waals surface area contributed by atoms with E-state index in [1.807, 2.05) is 6.92 Å². The molecule has 7 heteroatoms. The summed E-state index contributed by atoms with van der Waals surface area (Å²) in [6.45, 7) is 2.55. The Bertz CT molecular complexity index is 571. The lowest BCUT2D eigenvalue weighted by Crippen LogP contribution is -2.15. The number of benzene rings is 1. The van der Waals surface area contributed by atoms with Crippen molar-refractivity contribution in [1.82, 2.24) is 0 Å². The van der Waals surface area contributed by atoms with Crippen molar-refractivity contribution in [1.29, 1.82) is 0 Å². The minimum absolute atomic E-state index is 0.0624. The molecule has 1 aromatic rings. The Balaban J connectivity index is 2.94. The first kappa shape index (κ1) is 17.8. The Morgan fingerprint density at radius 3 is 2.55 bits per heavy atom. The average Bonchev–Trinajstić information content (AvgIpc) is 2.52. The molecule has 1 N–H and O–H groups in total. The summed E-state index contributed by atoms with van der Waals surface area (Å²) in [5.74, 6) is -0.833. The van der Waals surface area contributed by atoms with Gasteiger partial charge in [-0.05, 0) is 24.6 Å². The molecule has 0 aliphatic heterocycles. The minimum atomic E-state index is -0.701. The van der Waals surface area contributed by atoms with Crippen LogP contribution >= 0.6 is 11.6 Å². The van der Waals surface area contributed by atoms with Gasteiger partial charge >= 0.3 is 11.9 Å². The van der Waals surface area contributed by atoms with Gasteiger partial charge in [-0.25, -0.2) is 9.59 Å². The van der Waals surface area contributed by atoms with E-state index < -0.39 is 11.9 Å². The van der Waals surface area contributed by atoms with Crippen molar-refractivity contribution in [3.05, 3.63) is 35.0 Å². The summed E-state index contributed by atoms with van der Waals surface area (Å²) in [5, 5.41) is 3.15. The second-order valence-corrected chi connectivity index (χ2v) is 4.60. The highest BCUT2D eigenvalue weighted by atomic mass is 35.5. The van der Waals surface area contributed by atoms with E-state index in [1.54, 1.807) is 18.2 Å². The highest BCUT2D eigenvalue weighted by Gasteiger charge is 2.13. The van der Waals surface area contributed by atoms with Crippen molar-refractivity contribution < 1.29 is 23.8 Å². The highest BCUT2D eigenvalue weighted by Crippen LogP contribution is 2.28. The van der Waals surface area contributed by atoms with Gasteiger partial charge in [0.25, 0.3) is 0 Å². The first-order chi connectivity index (χ1) is 10.5. The fourth-order valence-corrected chi connectivity index (χ4v) is 1.73. The molecule has 0 aliphatic carbocycles. The van der Waals surface area contributed by atoms with Gasteiger partial charge in [0.1, 0.15) is 11.4 Å². The zero-order chi connectivity index (χ0) is 16.5. The van der Waals surface area contributed by atoms with Gasteiger partial charge in [0.2, 0.25) is 0 Å². The van der Waals surface area contributed by atoms with Crippen LogP contribution in [0, 0.1) is 0 Å². The molecule has 0 atom stereocenters. The maximum absolute atomic E-state index is 11.6. The molecule has 0 bridgehead atoms. The summed E-state index contributed by atoms with van der Waals surface area (Å²) in [5.41, 5.74) is 0.446. The van der Waals surface area contributed by atoms with Crippen molar-refractivity contribution >= 4 is 29.2 Å². The van der Waals surface area contributed by atoms with Gasteiger partial charge in [-0.2, -0.15) is 0 Å². The van der Waals surface area contributed by atoms with Crippen LogP contribution in [0.1, 0.15) is 13.3 Å². The zero-order valence-electron chi connectivity index (χ0n) is 12.6. The monoisotopic (exact) mass is 327 g/mol. The molecule has 120 valence electrons. The molecule has 0 heterocycles. The summed E-state index contributed by atoms with van der Waals surface area (Å²) >= 11 is 6.10. The van der Waals surface area contributed by atoms with E-state index in [0.29, 0.717) is 23.1 Å². The Kier molecular flexibility index (Phi) is 7.25. The average molecular weight is 328 g/mol. The standard InChI is InChI=1S/C15H18ClNO5/c1-4-7-22-13-6-5-10(8-11(13)16)17-12(15(19)21-3)9-14(18)20-2/h5-6,8-9,17H,4,7H2,1-3H3/b12-9+. The Morgan fingerprint density at radius 1 is 1.27 bits per heavy atom. The van der Waals surface area contributed by atoms with Crippen LogP contribution in [0.4, 0.5) is 5.69 Å². The maximum Gasteiger partial charge on any atom is 0.354 e. The number of rotatable bonds is 7. The number of methoxy groups -OCH3 is 2. The number of carbonyl (C=O) groups is 2. The number of hydrogen-bond acceptors (Lipinski definition) is 6. The molecule has 0 amide bonds. The van der Waals surface area contributed by atoms with E-state index in [-0.39, 0.29) is 5.70 Å². The Labute approximate surface area is 134 Å². The number of halogens is 1. The zero-order valence-corrected chi connectivity index (χ0v) is 13.4. The van der Waals surface area contributed by atoms with Crippen LogP contribution in [-0.2, 0) is 19.1 Å². The van der Waals surface area contributed by atoms with E-state index in [9.17, 15) is 9.59 Å². The van der Waals surface area contributed by atoms with Crippen LogP contribution in [-0.4, -0.2) is 32.8 Å². The molecule has 1 rings (SSSR count). The van der Waals surface area contributed by atoms with Gasteiger partial charge in [-0.15, -0.1) is 0 Å². The summed E-state index contributed by atoms with van der Waals surface area (Å²) in [4.78, 5) is 22.9. The first-order valence-corrected chi connectivity index (χ1v) is 6.97. The molecular formula is C15H18ClNO5. The fraction of sp³-hybridized carbons (Fsp3) is 0.333. The summed E-state index contributed by atoms with van der Waals surface area (Å²) in [6.07, 6.45) is 1.87. The normalized spacial score (nSPS) is 10.8. The predicted molar refractivity (Wildman–Crippen MR) is 83.0 cm³/mol. The quantitative estimate of drug-likeness (QED) is 0.613. The van der Waals surface area contributed by atoms with Gasteiger partial charge < -0.3 is 19.5 Å². The number of anilines is 1. The van der Waals surface area contributed by atoms with Crippen LogP contribution < -0.4 is 10.1 Å².